The fourth-order valence-corrected chi connectivity index (χ4v) is 3.95. The quantitative estimate of drug-likeness (QED) is 0.604. The number of hydrogen-bond acceptors (Lipinski definition) is 6. The number of aryl methyl sites for hydroxylation is 1. The summed E-state index contributed by atoms with van der Waals surface area (Å²) in [6, 6.07) is 10.3. The van der Waals surface area contributed by atoms with E-state index in [0.29, 0.717) is 6.54 Å². The molecule has 1 saturated heterocycles. The van der Waals surface area contributed by atoms with Crippen molar-refractivity contribution in [2.75, 3.05) is 51.8 Å². The fourth-order valence-electron chi connectivity index (χ4n) is 3.15. The first-order valence-electron chi connectivity index (χ1n) is 9.36. The Morgan fingerprint density at radius 1 is 1.26 bits per heavy atom. The van der Waals surface area contributed by atoms with Crippen LogP contribution in [0, 0.1) is 0 Å². The third kappa shape index (κ3) is 4.95. The number of aromatic nitrogens is 2. The second-order valence-electron chi connectivity index (χ2n) is 6.38. The monoisotopic (exact) mass is 388 g/mol. The van der Waals surface area contributed by atoms with Crippen molar-refractivity contribution in [1.82, 2.24) is 19.6 Å². The van der Waals surface area contributed by atoms with Crippen LogP contribution >= 0.6 is 11.5 Å². The molecule has 1 atom stereocenters. The van der Waals surface area contributed by atoms with E-state index in [0.717, 1.165) is 55.1 Å². The van der Waals surface area contributed by atoms with Gasteiger partial charge in [-0.3, -0.25) is 4.99 Å². The molecule has 3 rings (SSSR count). The van der Waals surface area contributed by atoms with E-state index in [2.05, 4.69) is 48.5 Å². The Balaban J connectivity index is 1.53. The molecule has 1 aromatic heterocycles. The molecule has 1 fully saturated rings. The normalized spacial score (nSPS) is 16.5. The third-order valence-corrected chi connectivity index (χ3v) is 5.55. The molecule has 1 aliphatic rings. The SMILES string of the molecule is CCc1nsc(N2CCN(C(=NC)NCC(OC)c3ccccc3)CC2)n1. The summed E-state index contributed by atoms with van der Waals surface area (Å²) in [4.78, 5) is 13.7. The smallest absolute Gasteiger partial charge is 0.205 e. The van der Waals surface area contributed by atoms with Crippen molar-refractivity contribution in [3.05, 3.63) is 41.7 Å². The number of aliphatic imine (C=N–C) groups is 1. The van der Waals surface area contributed by atoms with E-state index < -0.39 is 0 Å². The van der Waals surface area contributed by atoms with E-state index in [4.69, 9.17) is 4.74 Å². The van der Waals surface area contributed by atoms with Gasteiger partial charge in [0.2, 0.25) is 5.13 Å². The minimum absolute atomic E-state index is 0.00176. The number of nitrogens with one attached hydrogen (secondary N) is 1. The number of methoxy groups -OCH3 is 1. The Morgan fingerprint density at radius 3 is 2.59 bits per heavy atom. The zero-order valence-corrected chi connectivity index (χ0v) is 17.1. The standard InChI is InChI=1S/C19H28N6OS/c1-4-17-22-19(27-23-17)25-12-10-24(11-13-25)18(20-2)21-14-16(26-3)15-8-6-5-7-9-15/h5-9,16H,4,10-14H2,1-3H3,(H,20,21). The third-order valence-electron chi connectivity index (χ3n) is 4.74. The van der Waals surface area contributed by atoms with Crippen LogP contribution in [0.4, 0.5) is 5.13 Å². The largest absolute Gasteiger partial charge is 0.375 e. The second-order valence-corrected chi connectivity index (χ2v) is 7.11. The molecule has 0 aliphatic carbocycles. The molecule has 1 N–H and O–H groups in total. The van der Waals surface area contributed by atoms with Crippen LogP contribution < -0.4 is 10.2 Å². The molecule has 146 valence electrons. The Hall–Kier alpha value is -2.19. The van der Waals surface area contributed by atoms with E-state index >= 15 is 0 Å². The van der Waals surface area contributed by atoms with Gasteiger partial charge in [0.25, 0.3) is 0 Å². The average molecular weight is 389 g/mol. The molecule has 1 aromatic carbocycles. The van der Waals surface area contributed by atoms with Gasteiger partial charge in [0.1, 0.15) is 5.82 Å². The number of rotatable bonds is 6. The van der Waals surface area contributed by atoms with Crippen molar-refractivity contribution >= 4 is 22.6 Å². The van der Waals surface area contributed by atoms with E-state index in [-0.39, 0.29) is 6.10 Å². The van der Waals surface area contributed by atoms with Gasteiger partial charge in [-0.05, 0) is 5.56 Å². The number of hydrogen-bond donors (Lipinski definition) is 1. The minimum atomic E-state index is -0.00176. The lowest BCUT2D eigenvalue weighted by Crippen LogP contribution is -2.53. The number of guanidine groups is 1. The molecule has 0 bridgehead atoms. The van der Waals surface area contributed by atoms with E-state index in [1.165, 1.54) is 11.5 Å². The number of benzene rings is 1. The number of piperazine rings is 1. The number of anilines is 1. The van der Waals surface area contributed by atoms with Crippen LogP contribution in [0.5, 0.6) is 0 Å². The number of ether oxygens (including phenoxy) is 1. The van der Waals surface area contributed by atoms with Crippen molar-refractivity contribution in [3.63, 3.8) is 0 Å². The van der Waals surface area contributed by atoms with Crippen molar-refractivity contribution in [1.29, 1.82) is 0 Å². The Labute approximate surface area is 165 Å². The summed E-state index contributed by atoms with van der Waals surface area (Å²) in [7, 11) is 3.57. The van der Waals surface area contributed by atoms with Crippen LogP contribution in [-0.2, 0) is 11.2 Å². The highest BCUT2D eigenvalue weighted by Crippen LogP contribution is 2.19. The zero-order valence-electron chi connectivity index (χ0n) is 16.3. The van der Waals surface area contributed by atoms with Gasteiger partial charge in [-0.25, -0.2) is 4.98 Å². The molecular formula is C19H28N6OS. The molecule has 0 amide bonds. The Kier molecular flexibility index (Phi) is 7.00. The van der Waals surface area contributed by atoms with Crippen LogP contribution in [0.2, 0.25) is 0 Å². The van der Waals surface area contributed by atoms with E-state index in [1.807, 2.05) is 25.2 Å². The first kappa shape index (κ1) is 19.6. The molecular weight excluding hydrogens is 360 g/mol. The van der Waals surface area contributed by atoms with Crippen LogP contribution in [-0.4, -0.2) is 67.1 Å². The molecule has 0 spiro atoms. The molecule has 27 heavy (non-hydrogen) atoms. The summed E-state index contributed by atoms with van der Waals surface area (Å²) >= 11 is 1.49. The van der Waals surface area contributed by atoms with Gasteiger partial charge in [-0.2, -0.15) is 4.37 Å². The van der Waals surface area contributed by atoms with Gasteiger partial charge in [0.15, 0.2) is 5.96 Å². The predicted molar refractivity (Wildman–Crippen MR) is 111 cm³/mol. The summed E-state index contributed by atoms with van der Waals surface area (Å²) in [6.45, 7) is 6.43. The van der Waals surface area contributed by atoms with E-state index in [9.17, 15) is 0 Å². The highest BCUT2D eigenvalue weighted by atomic mass is 32.1. The molecule has 8 heteroatoms. The van der Waals surface area contributed by atoms with Gasteiger partial charge in [0, 0.05) is 64.8 Å². The maximum atomic E-state index is 5.65. The van der Waals surface area contributed by atoms with Crippen LogP contribution in [0.3, 0.4) is 0 Å². The minimum Gasteiger partial charge on any atom is -0.375 e. The summed E-state index contributed by atoms with van der Waals surface area (Å²) < 4.78 is 10.0. The molecule has 2 aromatic rings. The lowest BCUT2D eigenvalue weighted by atomic mass is 10.1. The molecule has 1 unspecified atom stereocenters. The second kappa shape index (κ2) is 9.66. The summed E-state index contributed by atoms with van der Waals surface area (Å²) in [5, 5.41) is 4.49. The van der Waals surface area contributed by atoms with E-state index in [1.54, 1.807) is 7.11 Å². The lowest BCUT2D eigenvalue weighted by molar-refractivity contribution is 0.105. The average Bonchev–Trinajstić information content (AvgIpc) is 3.22. The Morgan fingerprint density at radius 2 is 2.00 bits per heavy atom. The summed E-state index contributed by atoms with van der Waals surface area (Å²) in [5.41, 5.74) is 1.16. The van der Waals surface area contributed by atoms with Gasteiger partial charge < -0.3 is 19.9 Å². The topological polar surface area (TPSA) is 65.9 Å². The van der Waals surface area contributed by atoms with Crippen LogP contribution in [0.25, 0.3) is 0 Å². The zero-order chi connectivity index (χ0) is 19.1. The maximum Gasteiger partial charge on any atom is 0.205 e. The molecule has 2 heterocycles. The van der Waals surface area contributed by atoms with Crippen molar-refractivity contribution in [3.8, 4) is 0 Å². The van der Waals surface area contributed by atoms with Crippen LogP contribution in [0.1, 0.15) is 24.4 Å². The maximum absolute atomic E-state index is 5.65. The molecule has 7 nitrogen and oxygen atoms in total. The first-order chi connectivity index (χ1) is 13.2. The fraction of sp³-hybridized carbons (Fsp3) is 0.526. The number of nitrogens with zero attached hydrogens (tertiary/aromatic N) is 5. The van der Waals surface area contributed by atoms with Gasteiger partial charge >= 0.3 is 0 Å². The van der Waals surface area contributed by atoms with Crippen molar-refractivity contribution in [2.45, 2.75) is 19.4 Å². The predicted octanol–water partition coefficient (Wildman–Crippen LogP) is 2.19. The molecule has 1 aliphatic heterocycles. The molecule has 0 radical (unpaired) electrons. The first-order valence-corrected chi connectivity index (χ1v) is 10.1. The van der Waals surface area contributed by atoms with Crippen molar-refractivity contribution in [2.24, 2.45) is 4.99 Å². The highest BCUT2D eigenvalue weighted by Gasteiger charge is 2.22. The van der Waals surface area contributed by atoms with Gasteiger partial charge in [-0.1, -0.05) is 37.3 Å². The van der Waals surface area contributed by atoms with Gasteiger partial charge in [0.05, 0.1) is 6.10 Å². The highest BCUT2D eigenvalue weighted by molar-refractivity contribution is 7.09. The van der Waals surface area contributed by atoms with Gasteiger partial charge in [-0.15, -0.1) is 0 Å². The summed E-state index contributed by atoms with van der Waals surface area (Å²) in [6.07, 6.45) is 0.882. The molecule has 0 saturated carbocycles. The summed E-state index contributed by atoms with van der Waals surface area (Å²) in [5.74, 6) is 1.85. The lowest BCUT2D eigenvalue weighted by Gasteiger charge is -2.36. The van der Waals surface area contributed by atoms with Crippen LogP contribution in [0.15, 0.2) is 35.3 Å². The van der Waals surface area contributed by atoms with Crippen molar-refractivity contribution < 1.29 is 4.74 Å². The Bertz CT molecular complexity index is 727.